The molecule has 162 valence electrons. The molecule has 1 unspecified atom stereocenters. The van der Waals surface area contributed by atoms with Gasteiger partial charge in [-0.15, -0.1) is 11.3 Å². The van der Waals surface area contributed by atoms with Crippen molar-refractivity contribution in [1.29, 1.82) is 0 Å². The maximum Gasteiger partial charge on any atom is 0.341 e. The minimum Gasteiger partial charge on any atom is -0.462 e. The quantitative estimate of drug-likeness (QED) is 0.578. The molecule has 2 atom stereocenters. The van der Waals surface area contributed by atoms with Crippen LogP contribution in [0.3, 0.4) is 0 Å². The molecule has 1 aliphatic carbocycles. The summed E-state index contributed by atoms with van der Waals surface area (Å²) >= 11 is 1.48. The number of likely N-dealkylation sites (N-methyl/N-ethyl adjacent to an activating group) is 1. The van der Waals surface area contributed by atoms with Crippen molar-refractivity contribution in [2.45, 2.75) is 59.4 Å². The molecule has 0 spiro atoms. The first-order valence-corrected chi connectivity index (χ1v) is 11.1. The smallest absolute Gasteiger partial charge is 0.341 e. The lowest BCUT2D eigenvalue weighted by molar-refractivity contribution is -0.862. The van der Waals surface area contributed by atoms with Gasteiger partial charge in [0.2, 0.25) is 0 Å². The number of ether oxygens (including phenoxy) is 1. The number of hydrogen-bond donors (Lipinski definition) is 3. The van der Waals surface area contributed by atoms with Crippen LogP contribution < -0.4 is 15.5 Å². The number of anilines is 1. The van der Waals surface area contributed by atoms with Crippen LogP contribution in [0.5, 0.6) is 0 Å². The molecule has 3 N–H and O–H groups in total. The average molecular weight is 425 g/mol. The second kappa shape index (κ2) is 9.71. The van der Waals surface area contributed by atoms with E-state index in [9.17, 15) is 14.4 Å². The Morgan fingerprint density at radius 3 is 2.48 bits per heavy atom. The van der Waals surface area contributed by atoms with Crippen molar-refractivity contribution < 1.29 is 24.0 Å². The van der Waals surface area contributed by atoms with Crippen LogP contribution in [0.1, 0.15) is 61.8 Å². The molecule has 1 aromatic heterocycles. The van der Waals surface area contributed by atoms with Crippen molar-refractivity contribution in [3.63, 3.8) is 0 Å². The van der Waals surface area contributed by atoms with Crippen molar-refractivity contribution in [1.82, 2.24) is 5.32 Å². The van der Waals surface area contributed by atoms with Gasteiger partial charge in [0, 0.05) is 10.4 Å². The van der Waals surface area contributed by atoms with Gasteiger partial charge >= 0.3 is 5.97 Å². The fourth-order valence-corrected chi connectivity index (χ4v) is 4.92. The Balaban J connectivity index is 2.07. The first kappa shape index (κ1) is 23.3. The molecule has 1 heterocycles. The zero-order valence-electron chi connectivity index (χ0n) is 18.4. The minimum absolute atomic E-state index is 0.101. The summed E-state index contributed by atoms with van der Waals surface area (Å²) in [7, 11) is 1.80. The van der Waals surface area contributed by atoms with E-state index in [-0.39, 0.29) is 36.4 Å². The number of thiophene rings is 1. The third kappa shape index (κ3) is 6.82. The van der Waals surface area contributed by atoms with Crippen molar-refractivity contribution in [3.8, 4) is 0 Å². The van der Waals surface area contributed by atoms with Gasteiger partial charge in [0.25, 0.3) is 11.8 Å². The van der Waals surface area contributed by atoms with Gasteiger partial charge in [0.1, 0.15) is 5.00 Å². The zero-order chi connectivity index (χ0) is 21.8. The van der Waals surface area contributed by atoms with Gasteiger partial charge in [-0.05, 0) is 58.4 Å². The molecule has 8 heteroatoms. The lowest BCUT2D eigenvalue weighted by atomic mass is 9.88. The molecule has 0 fully saturated rings. The molecular weight excluding hydrogens is 390 g/mol. The molecule has 1 aliphatic rings. The van der Waals surface area contributed by atoms with E-state index >= 15 is 0 Å². The molecule has 2 rings (SSSR count). The van der Waals surface area contributed by atoms with Crippen molar-refractivity contribution in [3.05, 3.63) is 16.0 Å². The first-order chi connectivity index (χ1) is 13.5. The number of carbonyl (C=O) groups excluding carboxylic acids is 3. The Bertz CT molecular complexity index is 767. The zero-order valence-corrected chi connectivity index (χ0v) is 19.2. The Morgan fingerprint density at radius 1 is 1.21 bits per heavy atom. The van der Waals surface area contributed by atoms with E-state index in [2.05, 4.69) is 17.6 Å². The van der Waals surface area contributed by atoms with E-state index in [4.69, 9.17) is 4.74 Å². The van der Waals surface area contributed by atoms with Gasteiger partial charge in [-0.3, -0.25) is 9.59 Å². The minimum atomic E-state index is -0.375. The fraction of sp³-hybridized carbons (Fsp3) is 0.667. The van der Waals surface area contributed by atoms with Crippen LogP contribution >= 0.6 is 11.3 Å². The standard InChI is InChI=1S/C21H33N3O4S/c1-7-28-20(27)18-14-9-8-13(2)10-15(14)29-19(18)22-16(25)11-24(6)12-17(26)23-21(3,4)5/h13H,7-12H2,1-6H3,(H,22,25)(H,23,26)/p+1/t13-/m1/s1. The van der Waals surface area contributed by atoms with E-state index in [1.54, 1.807) is 14.0 Å². The largest absolute Gasteiger partial charge is 0.462 e. The fourth-order valence-electron chi connectivity index (χ4n) is 3.50. The van der Waals surface area contributed by atoms with Gasteiger partial charge in [-0.25, -0.2) is 4.79 Å². The summed E-state index contributed by atoms with van der Waals surface area (Å²) in [6, 6.07) is 0. The monoisotopic (exact) mass is 424 g/mol. The predicted octanol–water partition coefficient (Wildman–Crippen LogP) is 1.42. The van der Waals surface area contributed by atoms with Crippen LogP contribution in [-0.4, -0.2) is 50.1 Å². The van der Waals surface area contributed by atoms with Crippen molar-refractivity contribution in [2.24, 2.45) is 5.92 Å². The van der Waals surface area contributed by atoms with Crippen LogP contribution in [0.4, 0.5) is 5.00 Å². The molecule has 0 bridgehead atoms. The van der Waals surface area contributed by atoms with E-state index < -0.39 is 0 Å². The van der Waals surface area contributed by atoms with Crippen LogP contribution in [-0.2, 0) is 27.2 Å². The molecule has 29 heavy (non-hydrogen) atoms. The highest BCUT2D eigenvalue weighted by Crippen LogP contribution is 2.40. The highest BCUT2D eigenvalue weighted by molar-refractivity contribution is 7.17. The van der Waals surface area contributed by atoms with E-state index in [1.807, 2.05) is 20.8 Å². The SMILES string of the molecule is CCOC(=O)c1c(NC(=O)C[NH+](C)CC(=O)NC(C)(C)C)sc2c1CC[C@@H](C)C2. The summed E-state index contributed by atoms with van der Waals surface area (Å²) in [4.78, 5) is 39.1. The lowest BCUT2D eigenvalue weighted by Gasteiger charge is -2.21. The van der Waals surface area contributed by atoms with Crippen molar-refractivity contribution in [2.75, 3.05) is 32.1 Å². The van der Waals surface area contributed by atoms with Gasteiger partial charge in [0.05, 0.1) is 19.2 Å². The summed E-state index contributed by atoms with van der Waals surface area (Å²) in [5.74, 6) is -0.129. The number of nitrogens with one attached hydrogen (secondary N) is 3. The molecule has 2 amide bonds. The topological polar surface area (TPSA) is 88.9 Å². The Morgan fingerprint density at radius 2 is 1.86 bits per heavy atom. The number of amides is 2. The van der Waals surface area contributed by atoms with Crippen LogP contribution in [0.25, 0.3) is 0 Å². The number of esters is 1. The highest BCUT2D eigenvalue weighted by atomic mass is 32.1. The summed E-state index contributed by atoms with van der Waals surface area (Å²) in [6.45, 7) is 10.4. The van der Waals surface area contributed by atoms with Gasteiger partial charge in [-0.1, -0.05) is 6.92 Å². The summed E-state index contributed by atoms with van der Waals surface area (Å²) < 4.78 is 5.24. The van der Waals surface area contributed by atoms with Crippen LogP contribution in [0.15, 0.2) is 0 Å². The van der Waals surface area contributed by atoms with Crippen LogP contribution in [0, 0.1) is 5.92 Å². The molecule has 0 aliphatic heterocycles. The number of fused-ring (bicyclic) bond motifs is 1. The molecule has 7 nitrogen and oxygen atoms in total. The molecule has 0 saturated heterocycles. The second-order valence-corrected chi connectivity index (χ2v) is 10.0. The van der Waals surface area contributed by atoms with E-state index in [0.29, 0.717) is 23.1 Å². The van der Waals surface area contributed by atoms with Crippen LogP contribution in [0.2, 0.25) is 0 Å². The third-order valence-corrected chi connectivity index (χ3v) is 5.85. The Labute approximate surface area is 177 Å². The highest BCUT2D eigenvalue weighted by Gasteiger charge is 2.29. The molecule has 0 aromatic carbocycles. The average Bonchev–Trinajstić information content (AvgIpc) is 2.89. The number of quaternary nitrogens is 1. The molecule has 0 radical (unpaired) electrons. The summed E-state index contributed by atoms with van der Waals surface area (Å²) in [5.41, 5.74) is 1.23. The van der Waals surface area contributed by atoms with Crippen molar-refractivity contribution >= 4 is 34.1 Å². The molecule has 1 aromatic rings. The van der Waals surface area contributed by atoms with Gasteiger partial charge < -0.3 is 20.3 Å². The number of carbonyl (C=O) groups is 3. The number of hydrogen-bond acceptors (Lipinski definition) is 5. The third-order valence-electron chi connectivity index (χ3n) is 4.68. The first-order valence-electron chi connectivity index (χ1n) is 10.2. The normalized spacial score (nSPS) is 17.2. The summed E-state index contributed by atoms with van der Waals surface area (Å²) in [5, 5.41) is 6.37. The Kier molecular flexibility index (Phi) is 7.82. The maximum absolute atomic E-state index is 12.6. The molecule has 0 saturated carbocycles. The second-order valence-electron chi connectivity index (χ2n) is 8.93. The number of rotatable bonds is 7. The molecular formula is C21H34N3O4S+. The van der Waals surface area contributed by atoms with E-state index in [1.165, 1.54) is 11.3 Å². The Hall–Kier alpha value is -1.93. The predicted molar refractivity (Wildman–Crippen MR) is 115 cm³/mol. The lowest BCUT2D eigenvalue weighted by Crippen LogP contribution is -3.11. The van der Waals surface area contributed by atoms with E-state index in [0.717, 1.165) is 34.6 Å². The van der Waals surface area contributed by atoms with Gasteiger partial charge in [0.15, 0.2) is 13.1 Å². The summed E-state index contributed by atoms with van der Waals surface area (Å²) in [6.07, 6.45) is 2.77. The maximum atomic E-state index is 12.6. The van der Waals surface area contributed by atoms with Gasteiger partial charge in [-0.2, -0.15) is 0 Å².